The van der Waals surface area contributed by atoms with E-state index in [9.17, 15) is 13.2 Å². The van der Waals surface area contributed by atoms with Crippen LogP contribution in [0.15, 0.2) is 6.07 Å². The minimum Gasteiger partial charge on any atom is -0.350 e. The molecule has 1 aliphatic carbocycles. The highest BCUT2D eigenvalue weighted by Gasteiger charge is 2.34. The van der Waals surface area contributed by atoms with E-state index in [-0.39, 0.29) is 29.5 Å². The Morgan fingerprint density at radius 3 is 2.62 bits per heavy atom. The molecule has 1 aliphatic heterocycles. The molecular weight excluding hydrogens is 352 g/mol. The van der Waals surface area contributed by atoms with Crippen molar-refractivity contribution in [2.24, 2.45) is 0 Å². The van der Waals surface area contributed by atoms with Crippen LogP contribution in [0.3, 0.4) is 0 Å². The Morgan fingerprint density at radius 2 is 2.04 bits per heavy atom. The van der Waals surface area contributed by atoms with Crippen molar-refractivity contribution in [3.05, 3.63) is 23.0 Å². The minimum absolute atomic E-state index is 0.0328. The predicted octanol–water partition coefficient (Wildman–Crippen LogP) is 2.11. The number of nitrogens with one attached hydrogen (secondary N) is 1. The van der Waals surface area contributed by atoms with E-state index in [1.807, 2.05) is 26.8 Å². The van der Waals surface area contributed by atoms with E-state index in [4.69, 9.17) is 4.98 Å². The molecular formula is C18H24N4O3S. The fraction of sp³-hybridized carbons (Fsp3) is 0.611. The molecule has 1 saturated heterocycles. The molecule has 4 rings (SSSR count). The molecule has 0 spiro atoms. The van der Waals surface area contributed by atoms with Gasteiger partial charge in [-0.3, -0.25) is 4.79 Å². The molecule has 0 bridgehead atoms. The fourth-order valence-electron chi connectivity index (χ4n) is 3.66. The Labute approximate surface area is 153 Å². The first-order valence-electron chi connectivity index (χ1n) is 9.16. The van der Waals surface area contributed by atoms with Crippen LogP contribution >= 0.6 is 0 Å². The van der Waals surface area contributed by atoms with Gasteiger partial charge in [-0.1, -0.05) is 0 Å². The highest BCUT2D eigenvalue weighted by Crippen LogP contribution is 2.41. The Morgan fingerprint density at radius 1 is 1.31 bits per heavy atom. The Hall–Kier alpha value is -1.96. The molecule has 1 atom stereocenters. The van der Waals surface area contributed by atoms with Crippen LogP contribution in [0.2, 0.25) is 0 Å². The largest absolute Gasteiger partial charge is 0.350 e. The van der Waals surface area contributed by atoms with Gasteiger partial charge in [-0.2, -0.15) is 5.10 Å². The molecule has 0 radical (unpaired) electrons. The molecule has 26 heavy (non-hydrogen) atoms. The van der Waals surface area contributed by atoms with Crippen LogP contribution in [0.5, 0.6) is 0 Å². The first-order chi connectivity index (χ1) is 12.2. The Kier molecular flexibility index (Phi) is 4.06. The van der Waals surface area contributed by atoms with Crippen LogP contribution in [0.4, 0.5) is 0 Å². The van der Waals surface area contributed by atoms with E-state index < -0.39 is 9.84 Å². The monoisotopic (exact) mass is 376 g/mol. The summed E-state index contributed by atoms with van der Waals surface area (Å²) < 4.78 is 25.6. The number of amides is 1. The molecule has 2 aliphatic rings. The summed E-state index contributed by atoms with van der Waals surface area (Å²) in [5.74, 6) is 0.532. The molecule has 1 amide bonds. The number of fused-ring (bicyclic) bond motifs is 1. The highest BCUT2D eigenvalue weighted by molar-refractivity contribution is 7.91. The van der Waals surface area contributed by atoms with Gasteiger partial charge in [0.25, 0.3) is 5.91 Å². The topological polar surface area (TPSA) is 93.9 Å². The maximum absolute atomic E-state index is 12.8. The summed E-state index contributed by atoms with van der Waals surface area (Å²) in [5, 5.41) is 8.28. The van der Waals surface area contributed by atoms with Gasteiger partial charge in [0.05, 0.1) is 34.2 Å². The summed E-state index contributed by atoms with van der Waals surface area (Å²) in [5.41, 5.74) is 2.86. The van der Waals surface area contributed by atoms with Crippen molar-refractivity contribution in [1.29, 1.82) is 0 Å². The molecule has 0 unspecified atom stereocenters. The number of rotatable bonds is 4. The second kappa shape index (κ2) is 6.04. The summed E-state index contributed by atoms with van der Waals surface area (Å²) in [6, 6.07) is 1.71. The Bertz CT molecular complexity index is 990. The molecule has 1 N–H and O–H groups in total. The molecule has 140 valence electrons. The summed E-state index contributed by atoms with van der Waals surface area (Å²) >= 11 is 0. The average Bonchev–Trinajstić information content (AvgIpc) is 3.27. The standard InChI is InChI=1S/C18H24N4O3S/c1-10(2)19-18(23)14-8-15(12-4-5-12)20-17-16(14)11(3)21-22(17)13-6-7-26(24,25)9-13/h8,10,12-13H,4-7,9H2,1-3H3,(H,19,23)/t13-/m1/s1. The van der Waals surface area contributed by atoms with Gasteiger partial charge < -0.3 is 5.32 Å². The lowest BCUT2D eigenvalue weighted by Gasteiger charge is -2.13. The quantitative estimate of drug-likeness (QED) is 0.882. The van der Waals surface area contributed by atoms with Crippen LogP contribution in [-0.2, 0) is 9.84 Å². The number of aryl methyl sites for hydroxylation is 1. The number of carbonyl (C=O) groups is 1. The summed E-state index contributed by atoms with van der Waals surface area (Å²) in [6.07, 6.45) is 2.70. The van der Waals surface area contributed by atoms with Crippen LogP contribution in [0.25, 0.3) is 11.0 Å². The van der Waals surface area contributed by atoms with Gasteiger partial charge in [-0.15, -0.1) is 0 Å². The molecule has 8 heteroatoms. The van der Waals surface area contributed by atoms with Crippen molar-refractivity contribution < 1.29 is 13.2 Å². The summed E-state index contributed by atoms with van der Waals surface area (Å²) in [6.45, 7) is 5.71. The van der Waals surface area contributed by atoms with Gasteiger partial charge in [0, 0.05) is 17.7 Å². The van der Waals surface area contributed by atoms with Crippen molar-refractivity contribution >= 4 is 26.8 Å². The van der Waals surface area contributed by atoms with Crippen molar-refractivity contribution in [2.45, 2.75) is 58.0 Å². The lowest BCUT2D eigenvalue weighted by molar-refractivity contribution is 0.0944. The first kappa shape index (κ1) is 17.5. The molecule has 3 heterocycles. The molecule has 7 nitrogen and oxygen atoms in total. The maximum Gasteiger partial charge on any atom is 0.252 e. The van der Waals surface area contributed by atoms with Crippen molar-refractivity contribution in [3.8, 4) is 0 Å². The summed E-state index contributed by atoms with van der Waals surface area (Å²) in [7, 11) is -3.03. The normalized spacial score (nSPS) is 22.2. The first-order valence-corrected chi connectivity index (χ1v) is 11.0. The number of hydrogen-bond acceptors (Lipinski definition) is 5. The van der Waals surface area contributed by atoms with Gasteiger partial charge in [0.2, 0.25) is 0 Å². The second-order valence-corrected chi connectivity index (χ2v) is 10.0. The van der Waals surface area contributed by atoms with Gasteiger partial charge in [-0.25, -0.2) is 18.1 Å². The van der Waals surface area contributed by atoms with Crippen LogP contribution in [0, 0.1) is 6.92 Å². The van der Waals surface area contributed by atoms with Crippen molar-refractivity contribution in [2.75, 3.05) is 11.5 Å². The molecule has 2 aromatic rings. The number of hydrogen-bond donors (Lipinski definition) is 1. The third kappa shape index (κ3) is 3.11. The molecule has 2 aromatic heterocycles. The highest BCUT2D eigenvalue weighted by atomic mass is 32.2. The lowest BCUT2D eigenvalue weighted by atomic mass is 10.1. The second-order valence-electron chi connectivity index (χ2n) is 7.78. The molecule has 2 fully saturated rings. The van der Waals surface area contributed by atoms with E-state index in [1.165, 1.54) is 0 Å². The minimum atomic E-state index is -3.03. The van der Waals surface area contributed by atoms with E-state index in [0.29, 0.717) is 29.2 Å². The van der Waals surface area contributed by atoms with Gasteiger partial charge >= 0.3 is 0 Å². The number of sulfone groups is 1. The fourth-order valence-corrected chi connectivity index (χ4v) is 5.35. The van der Waals surface area contributed by atoms with E-state index in [2.05, 4.69) is 10.4 Å². The zero-order valence-corrected chi connectivity index (χ0v) is 16.1. The Balaban J connectivity index is 1.88. The SMILES string of the molecule is Cc1nn([C@@H]2CCS(=O)(=O)C2)c2nc(C3CC3)cc(C(=O)NC(C)C)c12. The third-order valence-electron chi connectivity index (χ3n) is 5.07. The number of pyridine rings is 1. The predicted molar refractivity (Wildman–Crippen MR) is 99.2 cm³/mol. The zero-order valence-electron chi connectivity index (χ0n) is 15.3. The smallest absolute Gasteiger partial charge is 0.252 e. The van der Waals surface area contributed by atoms with Crippen LogP contribution in [0.1, 0.15) is 66.8 Å². The molecule has 0 aromatic carbocycles. The summed E-state index contributed by atoms with van der Waals surface area (Å²) in [4.78, 5) is 17.6. The van der Waals surface area contributed by atoms with Gasteiger partial charge in [0.1, 0.15) is 0 Å². The lowest BCUT2D eigenvalue weighted by Crippen LogP contribution is -2.30. The van der Waals surface area contributed by atoms with Crippen LogP contribution in [-0.4, -0.2) is 46.6 Å². The third-order valence-corrected chi connectivity index (χ3v) is 6.82. The number of nitrogens with zero attached hydrogens (tertiary/aromatic N) is 3. The van der Waals surface area contributed by atoms with E-state index >= 15 is 0 Å². The van der Waals surface area contributed by atoms with E-state index in [0.717, 1.165) is 23.9 Å². The van der Waals surface area contributed by atoms with Gasteiger partial charge in [0.15, 0.2) is 15.5 Å². The maximum atomic E-state index is 12.8. The number of carbonyl (C=O) groups excluding carboxylic acids is 1. The van der Waals surface area contributed by atoms with Gasteiger partial charge in [-0.05, 0) is 46.1 Å². The van der Waals surface area contributed by atoms with Crippen molar-refractivity contribution in [3.63, 3.8) is 0 Å². The zero-order chi connectivity index (χ0) is 18.6. The molecule has 1 saturated carbocycles. The van der Waals surface area contributed by atoms with Crippen LogP contribution < -0.4 is 5.32 Å². The average molecular weight is 376 g/mol. The number of aromatic nitrogens is 3. The van der Waals surface area contributed by atoms with Crippen molar-refractivity contribution in [1.82, 2.24) is 20.1 Å². The van der Waals surface area contributed by atoms with E-state index in [1.54, 1.807) is 4.68 Å².